The smallest absolute Gasteiger partial charge is 0.273 e. The van der Waals surface area contributed by atoms with Gasteiger partial charge in [-0.25, -0.2) is 0 Å². The zero-order valence-electron chi connectivity index (χ0n) is 14.3. The van der Waals surface area contributed by atoms with E-state index in [1.54, 1.807) is 12.1 Å². The molecule has 0 heterocycles. The molecule has 26 heavy (non-hydrogen) atoms. The van der Waals surface area contributed by atoms with Crippen LogP contribution in [0.4, 0.5) is 0 Å². The number of benzene rings is 2. The summed E-state index contributed by atoms with van der Waals surface area (Å²) in [6.07, 6.45) is 1.62. The molecular weight excluding hydrogens is 375 g/mol. The first-order valence-corrected chi connectivity index (χ1v) is 8.47. The Bertz CT molecular complexity index is 831. The standard InChI is InChI=1S/C19H18Cl2N2O3/c1-22-19(24)18(23-25-2)16-9-4-3-7-14(16)12-26-15-8-5-6-13(10-15)11-17(20)21/h3-11H,12H2,1-2H3,(H,22,24). The topological polar surface area (TPSA) is 59.9 Å². The molecule has 136 valence electrons. The van der Waals surface area contributed by atoms with Gasteiger partial charge < -0.3 is 14.9 Å². The van der Waals surface area contributed by atoms with Crippen LogP contribution in [0.1, 0.15) is 16.7 Å². The first-order chi connectivity index (χ1) is 12.5. The molecule has 0 bridgehead atoms. The number of oxime groups is 1. The van der Waals surface area contributed by atoms with Gasteiger partial charge in [0.2, 0.25) is 0 Å². The molecule has 0 fully saturated rings. The average molecular weight is 393 g/mol. The third-order valence-electron chi connectivity index (χ3n) is 3.43. The lowest BCUT2D eigenvalue weighted by atomic mass is 10.0. The van der Waals surface area contributed by atoms with Crippen molar-refractivity contribution in [1.29, 1.82) is 0 Å². The molecule has 0 aliphatic carbocycles. The Kier molecular flexibility index (Phi) is 7.51. The summed E-state index contributed by atoms with van der Waals surface area (Å²) in [5, 5.41) is 6.39. The van der Waals surface area contributed by atoms with Crippen molar-refractivity contribution in [3.05, 3.63) is 69.7 Å². The van der Waals surface area contributed by atoms with Crippen molar-refractivity contribution in [3.63, 3.8) is 0 Å². The minimum atomic E-state index is -0.344. The number of carbonyl (C=O) groups is 1. The highest BCUT2D eigenvalue weighted by Crippen LogP contribution is 2.20. The molecule has 7 heteroatoms. The van der Waals surface area contributed by atoms with Crippen LogP contribution in [0.3, 0.4) is 0 Å². The van der Waals surface area contributed by atoms with E-state index >= 15 is 0 Å². The van der Waals surface area contributed by atoms with Crippen LogP contribution in [0.5, 0.6) is 5.75 Å². The van der Waals surface area contributed by atoms with Crippen LogP contribution >= 0.6 is 23.2 Å². The number of nitrogens with one attached hydrogen (secondary N) is 1. The van der Waals surface area contributed by atoms with Gasteiger partial charge in [0, 0.05) is 12.6 Å². The van der Waals surface area contributed by atoms with E-state index in [1.165, 1.54) is 14.2 Å². The number of likely N-dealkylation sites (N-methyl/N-ethyl adjacent to an activating group) is 1. The molecule has 2 aromatic carbocycles. The van der Waals surface area contributed by atoms with Gasteiger partial charge in [0.1, 0.15) is 24.0 Å². The summed E-state index contributed by atoms with van der Waals surface area (Å²) in [7, 11) is 2.93. The molecule has 0 spiro atoms. The molecule has 2 aromatic rings. The second-order valence-electron chi connectivity index (χ2n) is 5.15. The molecule has 1 N–H and O–H groups in total. The molecule has 0 aliphatic heterocycles. The van der Waals surface area contributed by atoms with E-state index in [0.29, 0.717) is 11.3 Å². The lowest BCUT2D eigenvalue weighted by Gasteiger charge is -2.12. The van der Waals surface area contributed by atoms with Gasteiger partial charge in [-0.15, -0.1) is 0 Å². The van der Waals surface area contributed by atoms with Gasteiger partial charge in [-0.05, 0) is 29.3 Å². The molecular formula is C19H18Cl2N2O3. The largest absolute Gasteiger partial charge is 0.489 e. The van der Waals surface area contributed by atoms with Gasteiger partial charge >= 0.3 is 0 Å². The summed E-state index contributed by atoms with van der Waals surface area (Å²) in [5.74, 6) is 0.302. The summed E-state index contributed by atoms with van der Waals surface area (Å²) in [6, 6.07) is 14.7. The van der Waals surface area contributed by atoms with Gasteiger partial charge in [0.25, 0.3) is 5.91 Å². The van der Waals surface area contributed by atoms with E-state index < -0.39 is 0 Å². The molecule has 0 saturated carbocycles. The third kappa shape index (κ3) is 5.51. The van der Waals surface area contributed by atoms with E-state index in [-0.39, 0.29) is 22.7 Å². The quantitative estimate of drug-likeness (QED) is 0.568. The van der Waals surface area contributed by atoms with E-state index in [9.17, 15) is 4.79 Å². The number of hydrogen-bond donors (Lipinski definition) is 1. The Morgan fingerprint density at radius 3 is 2.65 bits per heavy atom. The lowest BCUT2D eigenvalue weighted by Crippen LogP contribution is -2.29. The number of ether oxygens (including phenoxy) is 1. The highest BCUT2D eigenvalue weighted by atomic mass is 35.5. The second kappa shape index (κ2) is 9.85. The van der Waals surface area contributed by atoms with Crippen LogP contribution in [0, 0.1) is 0 Å². The third-order valence-corrected chi connectivity index (χ3v) is 3.64. The number of carbonyl (C=O) groups excluding carboxylic acids is 1. The Hall–Kier alpha value is -2.50. The highest BCUT2D eigenvalue weighted by Gasteiger charge is 2.17. The second-order valence-corrected chi connectivity index (χ2v) is 6.16. The van der Waals surface area contributed by atoms with Crippen LogP contribution in [0.25, 0.3) is 6.08 Å². The number of rotatable bonds is 7. The molecule has 5 nitrogen and oxygen atoms in total. The van der Waals surface area contributed by atoms with Crippen molar-refractivity contribution in [2.45, 2.75) is 6.61 Å². The maximum Gasteiger partial charge on any atom is 0.273 e. The first-order valence-electron chi connectivity index (χ1n) is 7.72. The summed E-state index contributed by atoms with van der Waals surface area (Å²) in [5.41, 5.74) is 2.43. The molecule has 0 saturated heterocycles. The van der Waals surface area contributed by atoms with E-state index in [0.717, 1.165) is 11.1 Å². The van der Waals surface area contributed by atoms with Crippen molar-refractivity contribution in [2.75, 3.05) is 14.2 Å². The molecule has 2 rings (SSSR count). The molecule has 0 radical (unpaired) electrons. The maximum absolute atomic E-state index is 12.1. The van der Waals surface area contributed by atoms with Crippen LogP contribution in [-0.4, -0.2) is 25.8 Å². The Balaban J connectivity index is 2.25. The summed E-state index contributed by atoms with van der Waals surface area (Å²) in [6.45, 7) is 0.248. The molecule has 0 atom stereocenters. The van der Waals surface area contributed by atoms with Crippen molar-refractivity contribution in [3.8, 4) is 5.75 Å². The maximum atomic E-state index is 12.1. The minimum Gasteiger partial charge on any atom is -0.489 e. The Labute approximate surface area is 162 Å². The van der Waals surface area contributed by atoms with Crippen molar-refractivity contribution >= 4 is 40.9 Å². The summed E-state index contributed by atoms with van der Waals surface area (Å²) in [4.78, 5) is 16.9. The van der Waals surface area contributed by atoms with Gasteiger partial charge in [0.15, 0.2) is 5.71 Å². The average Bonchev–Trinajstić information content (AvgIpc) is 2.64. The first kappa shape index (κ1) is 19.8. The number of hydrogen-bond acceptors (Lipinski definition) is 4. The predicted molar refractivity (Wildman–Crippen MR) is 105 cm³/mol. The minimum absolute atomic E-state index is 0.165. The molecule has 0 aliphatic rings. The normalized spacial score (nSPS) is 10.8. The fourth-order valence-electron chi connectivity index (χ4n) is 2.28. The molecule has 0 aromatic heterocycles. The van der Waals surface area contributed by atoms with Gasteiger partial charge in [-0.2, -0.15) is 0 Å². The van der Waals surface area contributed by atoms with E-state index in [1.807, 2.05) is 42.5 Å². The van der Waals surface area contributed by atoms with Crippen molar-refractivity contribution in [2.24, 2.45) is 5.16 Å². The zero-order chi connectivity index (χ0) is 18.9. The number of nitrogens with zero attached hydrogens (tertiary/aromatic N) is 1. The SMILES string of the molecule is CNC(=O)C(=NOC)c1ccccc1COc1cccc(C=C(Cl)Cl)c1. The van der Waals surface area contributed by atoms with Gasteiger partial charge in [0.05, 0.1) is 0 Å². The van der Waals surface area contributed by atoms with E-state index in [2.05, 4.69) is 10.5 Å². The van der Waals surface area contributed by atoms with Crippen LogP contribution in [0.2, 0.25) is 0 Å². The van der Waals surface area contributed by atoms with Gasteiger partial charge in [-0.3, -0.25) is 4.79 Å². The fourth-order valence-corrected chi connectivity index (χ4v) is 2.53. The lowest BCUT2D eigenvalue weighted by molar-refractivity contribution is -0.114. The van der Waals surface area contributed by atoms with Crippen LogP contribution in [-0.2, 0) is 16.2 Å². The van der Waals surface area contributed by atoms with Crippen LogP contribution in [0.15, 0.2) is 58.2 Å². The fraction of sp³-hybridized carbons (Fsp3) is 0.158. The number of amides is 1. The molecule has 1 amide bonds. The molecule has 0 unspecified atom stereocenters. The number of halogens is 2. The van der Waals surface area contributed by atoms with Crippen molar-refractivity contribution in [1.82, 2.24) is 5.32 Å². The highest BCUT2D eigenvalue weighted by molar-refractivity contribution is 6.57. The van der Waals surface area contributed by atoms with Crippen molar-refractivity contribution < 1.29 is 14.4 Å². The monoisotopic (exact) mass is 392 g/mol. The van der Waals surface area contributed by atoms with Crippen LogP contribution < -0.4 is 10.1 Å². The van der Waals surface area contributed by atoms with E-state index in [4.69, 9.17) is 32.8 Å². The Morgan fingerprint density at radius 1 is 1.19 bits per heavy atom. The van der Waals surface area contributed by atoms with Gasteiger partial charge in [-0.1, -0.05) is 64.8 Å². The zero-order valence-corrected chi connectivity index (χ0v) is 15.8. The predicted octanol–water partition coefficient (Wildman–Crippen LogP) is 4.14. The Morgan fingerprint density at radius 2 is 1.96 bits per heavy atom. The summed E-state index contributed by atoms with van der Waals surface area (Å²) >= 11 is 11.4. The summed E-state index contributed by atoms with van der Waals surface area (Å²) < 4.78 is 6.02.